The van der Waals surface area contributed by atoms with Crippen LogP contribution in [-0.4, -0.2) is 32.1 Å². The number of nitrogens with one attached hydrogen (secondary N) is 2. The lowest BCUT2D eigenvalue weighted by Gasteiger charge is -2.30. The SMILES string of the molecule is CCC(C)(C)c1ccc(OCCCCNC(=O)c2ccc(Cl)c(NC(=O)C(Cl)c3ccc(OC)cc3)c2)c(C(C)(C)CC)c1. The topological polar surface area (TPSA) is 76.7 Å². The van der Waals surface area contributed by atoms with Gasteiger partial charge in [-0.3, -0.25) is 9.59 Å². The lowest BCUT2D eigenvalue weighted by molar-refractivity contribution is -0.116. The number of hydrogen-bond acceptors (Lipinski definition) is 4. The van der Waals surface area contributed by atoms with Crippen molar-refractivity contribution in [2.45, 2.75) is 83.4 Å². The second-order valence-electron chi connectivity index (χ2n) is 12.3. The molecule has 0 saturated heterocycles. The van der Waals surface area contributed by atoms with Crippen LogP contribution in [0.25, 0.3) is 0 Å². The Morgan fingerprint density at radius 1 is 0.886 bits per heavy atom. The molecule has 6 nitrogen and oxygen atoms in total. The van der Waals surface area contributed by atoms with E-state index in [4.69, 9.17) is 32.7 Å². The molecule has 2 N–H and O–H groups in total. The van der Waals surface area contributed by atoms with E-state index in [-0.39, 0.29) is 16.7 Å². The number of hydrogen-bond donors (Lipinski definition) is 2. The molecule has 0 bridgehead atoms. The van der Waals surface area contributed by atoms with Crippen LogP contribution in [0.1, 0.15) is 99.7 Å². The van der Waals surface area contributed by atoms with Crippen LogP contribution >= 0.6 is 23.2 Å². The van der Waals surface area contributed by atoms with Gasteiger partial charge in [0.1, 0.15) is 16.9 Å². The fourth-order valence-electron chi connectivity index (χ4n) is 4.60. The van der Waals surface area contributed by atoms with Crippen molar-refractivity contribution in [1.82, 2.24) is 5.32 Å². The van der Waals surface area contributed by atoms with Crippen LogP contribution in [0.15, 0.2) is 60.7 Å². The summed E-state index contributed by atoms with van der Waals surface area (Å²) in [6.45, 7) is 14.6. The third-order valence-electron chi connectivity index (χ3n) is 8.50. The Morgan fingerprint density at radius 2 is 1.57 bits per heavy atom. The van der Waals surface area contributed by atoms with E-state index in [1.807, 2.05) is 0 Å². The van der Waals surface area contributed by atoms with E-state index >= 15 is 0 Å². The third kappa shape index (κ3) is 9.15. The van der Waals surface area contributed by atoms with Crippen molar-refractivity contribution in [2.24, 2.45) is 0 Å². The van der Waals surface area contributed by atoms with E-state index in [1.165, 1.54) is 11.1 Å². The van der Waals surface area contributed by atoms with Crippen LogP contribution in [0.4, 0.5) is 5.69 Å². The minimum Gasteiger partial charge on any atom is -0.497 e. The number of alkyl halides is 1. The standard InChI is InChI=1S/C36H46Cl2N2O4/c1-8-35(3,4)26-15-19-31(28(23-26)36(5,6)9-2)44-21-11-10-20-39-33(41)25-14-18-29(37)30(22-25)40-34(42)32(38)24-12-16-27(43-7)17-13-24/h12-19,22-23,32H,8-11,20-21H2,1-7H3,(H,39,41)(H,40,42). The second kappa shape index (κ2) is 15.7. The number of carbonyl (C=O) groups excluding carboxylic acids is 2. The Kier molecular flexibility index (Phi) is 12.6. The predicted molar refractivity (Wildman–Crippen MR) is 182 cm³/mol. The molecule has 0 spiro atoms. The summed E-state index contributed by atoms with van der Waals surface area (Å²) in [5.74, 6) is 0.888. The van der Waals surface area contributed by atoms with Crippen molar-refractivity contribution in [3.05, 3.63) is 87.9 Å². The Balaban J connectivity index is 1.53. The van der Waals surface area contributed by atoms with E-state index in [0.717, 1.165) is 31.4 Å². The van der Waals surface area contributed by atoms with Crippen molar-refractivity contribution >= 4 is 40.7 Å². The first-order valence-corrected chi connectivity index (χ1v) is 16.1. The molecule has 238 valence electrons. The third-order valence-corrected chi connectivity index (χ3v) is 9.28. The molecule has 3 aromatic carbocycles. The number of methoxy groups -OCH3 is 1. The lowest BCUT2D eigenvalue weighted by Crippen LogP contribution is -2.25. The number of unbranched alkanes of at least 4 members (excludes halogenated alkanes) is 1. The number of benzene rings is 3. The molecule has 8 heteroatoms. The summed E-state index contributed by atoms with van der Waals surface area (Å²) < 4.78 is 11.4. The lowest BCUT2D eigenvalue weighted by atomic mass is 9.76. The van der Waals surface area contributed by atoms with Crippen LogP contribution in [0.2, 0.25) is 5.02 Å². The summed E-state index contributed by atoms with van der Waals surface area (Å²) in [4.78, 5) is 25.7. The summed E-state index contributed by atoms with van der Waals surface area (Å²) in [6, 6.07) is 18.3. The van der Waals surface area contributed by atoms with Gasteiger partial charge in [-0.15, -0.1) is 11.6 Å². The zero-order valence-electron chi connectivity index (χ0n) is 27.0. The van der Waals surface area contributed by atoms with Gasteiger partial charge in [-0.25, -0.2) is 0 Å². The number of halogens is 2. The summed E-state index contributed by atoms with van der Waals surface area (Å²) in [5.41, 5.74) is 3.99. The molecule has 0 aromatic heterocycles. The fraction of sp³-hybridized carbons (Fsp3) is 0.444. The minimum absolute atomic E-state index is 0.000398. The van der Waals surface area contributed by atoms with Gasteiger partial charge in [0.05, 0.1) is 24.4 Å². The summed E-state index contributed by atoms with van der Waals surface area (Å²) in [5, 5.41) is 5.04. The largest absolute Gasteiger partial charge is 0.497 e. The molecule has 1 unspecified atom stereocenters. The van der Waals surface area contributed by atoms with Gasteiger partial charge in [-0.05, 0) is 84.0 Å². The number of rotatable bonds is 15. The van der Waals surface area contributed by atoms with Crippen LogP contribution in [0.5, 0.6) is 11.5 Å². The minimum atomic E-state index is -0.943. The Bertz CT molecular complexity index is 1420. The fourth-order valence-corrected chi connectivity index (χ4v) is 4.96. The van der Waals surface area contributed by atoms with Crippen molar-refractivity contribution in [3.63, 3.8) is 0 Å². The maximum atomic E-state index is 12.9. The van der Waals surface area contributed by atoms with Crippen LogP contribution in [0, 0.1) is 0 Å². The Morgan fingerprint density at radius 3 is 2.20 bits per heavy atom. The van der Waals surface area contributed by atoms with Gasteiger partial charge in [0.15, 0.2) is 0 Å². The normalized spacial score (nSPS) is 12.4. The van der Waals surface area contributed by atoms with Gasteiger partial charge in [0, 0.05) is 17.7 Å². The molecule has 2 amide bonds. The average molecular weight is 642 g/mol. The quantitative estimate of drug-likeness (QED) is 0.128. The van der Waals surface area contributed by atoms with Crippen molar-refractivity contribution < 1.29 is 19.1 Å². The monoisotopic (exact) mass is 640 g/mol. The molecule has 3 rings (SSSR count). The molecule has 0 fully saturated rings. The highest BCUT2D eigenvalue weighted by Gasteiger charge is 2.26. The molecule has 0 saturated carbocycles. The van der Waals surface area contributed by atoms with E-state index in [1.54, 1.807) is 49.6 Å². The maximum absolute atomic E-state index is 12.9. The Hall–Kier alpha value is -3.22. The van der Waals surface area contributed by atoms with E-state index < -0.39 is 11.3 Å². The molecule has 0 aliphatic carbocycles. The number of anilines is 1. The smallest absolute Gasteiger partial charge is 0.251 e. The highest BCUT2D eigenvalue weighted by atomic mass is 35.5. The van der Waals surface area contributed by atoms with Gasteiger partial charge in [-0.2, -0.15) is 0 Å². The van der Waals surface area contributed by atoms with Crippen LogP contribution in [-0.2, 0) is 15.6 Å². The molecule has 3 aromatic rings. The van der Waals surface area contributed by atoms with Gasteiger partial charge in [0.25, 0.3) is 5.91 Å². The molecule has 1 atom stereocenters. The first kappa shape index (κ1) is 35.3. The van der Waals surface area contributed by atoms with E-state index in [2.05, 4.69) is 70.4 Å². The zero-order chi connectivity index (χ0) is 32.5. The molecule has 0 radical (unpaired) electrons. The van der Waals surface area contributed by atoms with Crippen LogP contribution < -0.4 is 20.1 Å². The first-order chi connectivity index (χ1) is 20.8. The second-order valence-corrected chi connectivity index (χ2v) is 13.2. The van der Waals surface area contributed by atoms with Crippen LogP contribution in [0.3, 0.4) is 0 Å². The summed E-state index contributed by atoms with van der Waals surface area (Å²) >= 11 is 12.7. The first-order valence-electron chi connectivity index (χ1n) is 15.3. The number of carbonyl (C=O) groups is 2. The summed E-state index contributed by atoms with van der Waals surface area (Å²) in [6.07, 6.45) is 3.62. The number of ether oxygens (including phenoxy) is 2. The molecule has 0 aliphatic heterocycles. The average Bonchev–Trinajstić information content (AvgIpc) is 3.03. The maximum Gasteiger partial charge on any atom is 0.251 e. The van der Waals surface area contributed by atoms with Crippen molar-refractivity contribution in [3.8, 4) is 11.5 Å². The molecular formula is C36H46Cl2N2O4. The molecule has 0 aliphatic rings. The molecular weight excluding hydrogens is 595 g/mol. The van der Waals surface area contributed by atoms with Gasteiger partial charge < -0.3 is 20.1 Å². The van der Waals surface area contributed by atoms with Crippen molar-refractivity contribution in [2.75, 3.05) is 25.6 Å². The highest BCUT2D eigenvalue weighted by Crippen LogP contribution is 2.38. The Labute approximate surface area is 272 Å². The highest BCUT2D eigenvalue weighted by molar-refractivity contribution is 6.36. The van der Waals surface area contributed by atoms with Gasteiger partial charge >= 0.3 is 0 Å². The zero-order valence-corrected chi connectivity index (χ0v) is 28.5. The van der Waals surface area contributed by atoms with E-state index in [9.17, 15) is 9.59 Å². The predicted octanol–water partition coefficient (Wildman–Crippen LogP) is 9.23. The molecule has 0 heterocycles. The summed E-state index contributed by atoms with van der Waals surface area (Å²) in [7, 11) is 1.57. The van der Waals surface area contributed by atoms with Crippen molar-refractivity contribution in [1.29, 1.82) is 0 Å². The molecule has 44 heavy (non-hydrogen) atoms. The van der Waals surface area contributed by atoms with Gasteiger partial charge in [0.2, 0.25) is 5.91 Å². The number of amides is 2. The van der Waals surface area contributed by atoms with E-state index in [0.29, 0.717) is 40.7 Å². The van der Waals surface area contributed by atoms with Gasteiger partial charge in [-0.1, -0.05) is 77.4 Å².